The van der Waals surface area contributed by atoms with Crippen LogP contribution in [0.3, 0.4) is 0 Å². The Bertz CT molecular complexity index is 237. The second-order valence-corrected chi connectivity index (χ2v) is 2.31. The lowest BCUT2D eigenvalue weighted by atomic mass is 10.4. The summed E-state index contributed by atoms with van der Waals surface area (Å²) in [7, 11) is 0. The third kappa shape index (κ3) is 11.0. The number of rotatable bonds is 3. The monoisotopic (exact) mass is 234 g/mol. The number of ether oxygens (including phenoxy) is 1. The molecule has 0 amide bonds. The van der Waals surface area contributed by atoms with Gasteiger partial charge in [-0.25, -0.2) is 0 Å². The molecule has 0 saturated heterocycles. The van der Waals surface area contributed by atoms with Crippen molar-refractivity contribution in [1.29, 1.82) is 0 Å². The number of aromatic nitrogens is 2. The van der Waals surface area contributed by atoms with Crippen molar-refractivity contribution in [3.63, 3.8) is 0 Å². The van der Waals surface area contributed by atoms with Crippen LogP contribution < -0.4 is 0 Å². The van der Waals surface area contributed by atoms with Crippen LogP contribution in [-0.2, 0) is 11.3 Å². The van der Waals surface area contributed by atoms with E-state index in [-0.39, 0.29) is 6.61 Å². The minimum absolute atomic E-state index is 0.225. The average Bonchev–Trinajstić information content (AvgIpc) is 2.32. The van der Waals surface area contributed by atoms with Crippen molar-refractivity contribution < 1.29 is 13.5 Å². The molecule has 1 aromatic rings. The van der Waals surface area contributed by atoms with Crippen LogP contribution >= 0.6 is 0 Å². The molecule has 0 radical (unpaired) electrons. The van der Waals surface area contributed by atoms with Crippen LogP contribution in [-0.4, -0.2) is 16.3 Å². The third-order valence-corrected chi connectivity index (χ3v) is 1.10. The van der Waals surface area contributed by atoms with Crippen LogP contribution in [0.15, 0.2) is 18.3 Å². The smallest absolute Gasteiger partial charge is 0.314 e. The fourth-order valence-corrected chi connectivity index (χ4v) is 0.611. The van der Waals surface area contributed by atoms with E-state index in [2.05, 4.69) is 14.9 Å². The molecule has 0 aliphatic carbocycles. The van der Waals surface area contributed by atoms with Crippen molar-refractivity contribution in [3.05, 3.63) is 24.0 Å². The summed E-state index contributed by atoms with van der Waals surface area (Å²) in [4.78, 5) is 0. The second kappa shape index (κ2) is 10.4. The summed E-state index contributed by atoms with van der Waals surface area (Å²) in [5.74, 6) is 0. The molecule has 1 heterocycles. The van der Waals surface area contributed by atoms with Crippen molar-refractivity contribution in [2.75, 3.05) is 0 Å². The van der Waals surface area contributed by atoms with E-state index in [1.807, 2.05) is 27.7 Å². The summed E-state index contributed by atoms with van der Waals surface area (Å²) in [6.45, 7) is 8.46. The van der Waals surface area contributed by atoms with E-state index in [0.717, 1.165) is 0 Å². The first kappa shape index (κ1) is 17.3. The molecule has 3 nitrogen and oxygen atoms in total. The van der Waals surface area contributed by atoms with E-state index in [1.54, 1.807) is 12.1 Å². The normalized spacial score (nSPS) is 9.44. The summed E-state index contributed by atoms with van der Waals surface area (Å²) in [5, 5.41) is 7.08. The Hall–Kier alpha value is -1.10. The summed E-state index contributed by atoms with van der Waals surface area (Å²) in [6, 6.07) is 3.18. The average molecular weight is 234 g/mol. The molecule has 0 bridgehead atoms. The zero-order valence-corrected chi connectivity index (χ0v) is 10.5. The van der Waals surface area contributed by atoms with Crippen molar-refractivity contribution in [1.82, 2.24) is 10.2 Å². The molecule has 1 aromatic heterocycles. The lowest BCUT2D eigenvalue weighted by molar-refractivity contribution is -0.231. The second-order valence-electron chi connectivity index (χ2n) is 2.31. The number of hydrogen-bond acceptors (Lipinski definition) is 3. The number of halogens is 2. The van der Waals surface area contributed by atoms with Gasteiger partial charge in [0.1, 0.15) is 0 Å². The van der Waals surface area contributed by atoms with Gasteiger partial charge in [0.15, 0.2) is 0 Å². The first-order valence-electron chi connectivity index (χ1n) is 5.36. The zero-order valence-electron chi connectivity index (χ0n) is 10.5. The first-order chi connectivity index (χ1) is 7.58. The highest BCUT2D eigenvalue weighted by molar-refractivity contribution is 4.96. The Morgan fingerprint density at radius 2 is 1.81 bits per heavy atom. The predicted octanol–water partition coefficient (Wildman–Crippen LogP) is 3.66. The fourth-order valence-electron chi connectivity index (χ4n) is 0.611. The molecular formula is C11H20F2N2O. The van der Waals surface area contributed by atoms with Gasteiger partial charge < -0.3 is 4.74 Å². The Balaban J connectivity index is 0. The Labute approximate surface area is 95.9 Å². The molecule has 94 valence electrons. The van der Waals surface area contributed by atoms with Gasteiger partial charge in [-0.05, 0) is 12.1 Å². The lowest BCUT2D eigenvalue weighted by Crippen LogP contribution is -2.15. The maximum absolute atomic E-state index is 12.1. The van der Waals surface area contributed by atoms with Gasteiger partial charge in [0.2, 0.25) is 0 Å². The van der Waals surface area contributed by atoms with E-state index in [4.69, 9.17) is 0 Å². The molecule has 0 N–H and O–H groups in total. The largest absolute Gasteiger partial charge is 0.353 e. The molecule has 0 atom stereocenters. The van der Waals surface area contributed by atoms with Crippen molar-refractivity contribution in [3.8, 4) is 0 Å². The molecule has 0 aliphatic rings. The number of alkyl halides is 2. The van der Waals surface area contributed by atoms with E-state index in [0.29, 0.717) is 12.6 Å². The van der Waals surface area contributed by atoms with Crippen LogP contribution in [0, 0.1) is 0 Å². The number of hydrogen-bond donors (Lipinski definition) is 0. The molecule has 0 saturated carbocycles. The molecule has 0 aromatic carbocycles. The van der Waals surface area contributed by atoms with Gasteiger partial charge >= 0.3 is 6.11 Å². The van der Waals surface area contributed by atoms with Gasteiger partial charge in [-0.15, -0.1) is 0 Å². The quantitative estimate of drug-likeness (QED) is 0.800. The van der Waals surface area contributed by atoms with E-state index < -0.39 is 6.11 Å². The van der Waals surface area contributed by atoms with E-state index >= 15 is 0 Å². The van der Waals surface area contributed by atoms with Gasteiger partial charge in [-0.3, -0.25) is 0 Å². The fraction of sp³-hybridized carbons (Fsp3) is 0.636. The highest BCUT2D eigenvalue weighted by Gasteiger charge is 2.21. The molecular weight excluding hydrogens is 214 g/mol. The molecule has 0 spiro atoms. The molecule has 1 rings (SSSR count). The Kier molecular flexibility index (Phi) is 11.3. The van der Waals surface area contributed by atoms with Crippen LogP contribution in [0.5, 0.6) is 0 Å². The van der Waals surface area contributed by atoms with Crippen molar-refractivity contribution >= 4 is 0 Å². The minimum atomic E-state index is -3.11. The van der Waals surface area contributed by atoms with Gasteiger partial charge in [0.05, 0.1) is 12.3 Å². The maximum atomic E-state index is 12.1. The van der Waals surface area contributed by atoms with Crippen LogP contribution in [0.4, 0.5) is 8.78 Å². The molecule has 0 unspecified atom stereocenters. The minimum Gasteiger partial charge on any atom is -0.314 e. The van der Waals surface area contributed by atoms with E-state index in [9.17, 15) is 8.78 Å². The summed E-state index contributed by atoms with van der Waals surface area (Å²) in [6.07, 6.45) is -1.65. The molecule has 0 fully saturated rings. The van der Waals surface area contributed by atoms with Gasteiger partial charge in [0, 0.05) is 13.1 Å². The highest BCUT2D eigenvalue weighted by Crippen LogP contribution is 2.14. The van der Waals surface area contributed by atoms with Crippen molar-refractivity contribution in [2.45, 2.75) is 47.3 Å². The van der Waals surface area contributed by atoms with E-state index in [1.165, 1.54) is 6.20 Å². The summed E-state index contributed by atoms with van der Waals surface area (Å²) < 4.78 is 28.5. The molecule has 0 aliphatic heterocycles. The van der Waals surface area contributed by atoms with Crippen LogP contribution in [0.25, 0.3) is 0 Å². The highest BCUT2D eigenvalue weighted by atomic mass is 19.3. The standard InChI is InChI=1S/C7H8F2N2O.2C2H6/c1-7(8,9)12-5-6-3-2-4-10-11-6;2*1-2/h2-4H,5H2,1H3;2*1-2H3. The lowest BCUT2D eigenvalue weighted by Gasteiger charge is -2.09. The van der Waals surface area contributed by atoms with Crippen LogP contribution in [0.1, 0.15) is 40.3 Å². The van der Waals surface area contributed by atoms with Gasteiger partial charge in [-0.1, -0.05) is 27.7 Å². The zero-order chi connectivity index (χ0) is 13.0. The SMILES string of the molecule is CC.CC.CC(F)(F)OCc1cccnn1. The third-order valence-electron chi connectivity index (χ3n) is 1.10. The first-order valence-corrected chi connectivity index (χ1v) is 5.36. The van der Waals surface area contributed by atoms with Gasteiger partial charge in [0.25, 0.3) is 0 Å². The topological polar surface area (TPSA) is 35.0 Å². The molecule has 5 heteroatoms. The van der Waals surface area contributed by atoms with Crippen LogP contribution in [0.2, 0.25) is 0 Å². The Morgan fingerprint density at radius 3 is 2.19 bits per heavy atom. The molecule has 16 heavy (non-hydrogen) atoms. The summed E-state index contributed by atoms with van der Waals surface area (Å²) >= 11 is 0. The maximum Gasteiger partial charge on any atom is 0.353 e. The van der Waals surface area contributed by atoms with Crippen molar-refractivity contribution in [2.24, 2.45) is 0 Å². The number of nitrogens with zero attached hydrogens (tertiary/aromatic N) is 2. The van der Waals surface area contributed by atoms with Gasteiger partial charge in [-0.2, -0.15) is 19.0 Å². The predicted molar refractivity (Wildman–Crippen MR) is 60.1 cm³/mol. The Morgan fingerprint density at radius 1 is 1.25 bits per heavy atom. The summed E-state index contributed by atoms with van der Waals surface area (Å²) in [5.41, 5.74) is 0.388.